The number of halogens is 1. The second kappa shape index (κ2) is 7.68. The molecule has 2 aromatic carbocycles. The van der Waals surface area contributed by atoms with Crippen molar-refractivity contribution in [3.8, 4) is 0 Å². The zero-order chi connectivity index (χ0) is 21.4. The van der Waals surface area contributed by atoms with Crippen molar-refractivity contribution in [2.45, 2.75) is 19.9 Å². The van der Waals surface area contributed by atoms with Crippen LogP contribution in [0.5, 0.6) is 0 Å². The number of aromatic nitrogens is 2. The van der Waals surface area contributed by atoms with Crippen molar-refractivity contribution in [1.29, 1.82) is 0 Å². The molecule has 0 fully saturated rings. The maximum Gasteiger partial charge on any atom is 0.352 e. The van der Waals surface area contributed by atoms with E-state index in [-0.39, 0.29) is 17.2 Å². The van der Waals surface area contributed by atoms with Crippen LogP contribution < -0.4 is 10.6 Å². The van der Waals surface area contributed by atoms with Crippen molar-refractivity contribution in [2.24, 2.45) is 0 Å². The number of nitrogens with zero attached hydrogens (tertiary/aromatic N) is 2. The first-order valence-corrected chi connectivity index (χ1v) is 9.64. The smallest absolute Gasteiger partial charge is 0.352 e. The summed E-state index contributed by atoms with van der Waals surface area (Å²) in [6.07, 6.45) is 2.97. The summed E-state index contributed by atoms with van der Waals surface area (Å²) in [6, 6.07) is 12.3. The van der Waals surface area contributed by atoms with Crippen LogP contribution in [0.4, 0.5) is 11.5 Å². The Morgan fingerprint density at radius 1 is 1.17 bits per heavy atom. The van der Waals surface area contributed by atoms with Gasteiger partial charge in [-0.15, -0.1) is 0 Å². The van der Waals surface area contributed by atoms with Crippen molar-refractivity contribution in [1.82, 2.24) is 9.78 Å². The topological polar surface area (TPSA) is 96.3 Å². The summed E-state index contributed by atoms with van der Waals surface area (Å²) in [5.41, 5.74) is 3.68. The van der Waals surface area contributed by atoms with Crippen molar-refractivity contribution >= 4 is 35.0 Å². The number of carboxylic acid groups (broad SMARTS) is 1. The quantitative estimate of drug-likeness (QED) is 0.579. The molecule has 0 unspecified atom stereocenters. The Kier molecular flexibility index (Phi) is 5.05. The third-order valence-corrected chi connectivity index (χ3v) is 5.02. The predicted molar refractivity (Wildman–Crippen MR) is 115 cm³/mol. The number of carboxylic acids is 1. The molecule has 30 heavy (non-hydrogen) atoms. The van der Waals surface area contributed by atoms with Gasteiger partial charge in [0.15, 0.2) is 0 Å². The van der Waals surface area contributed by atoms with E-state index in [1.807, 2.05) is 38.1 Å². The molecule has 2 heterocycles. The molecule has 3 aromatic rings. The Hall–Kier alpha value is -3.58. The van der Waals surface area contributed by atoms with Crippen LogP contribution in [0.3, 0.4) is 0 Å². The molecule has 4 rings (SSSR count). The molecule has 152 valence electrons. The van der Waals surface area contributed by atoms with Gasteiger partial charge in [-0.2, -0.15) is 5.10 Å². The van der Waals surface area contributed by atoms with Crippen molar-refractivity contribution in [3.63, 3.8) is 0 Å². The molecule has 0 saturated heterocycles. The van der Waals surface area contributed by atoms with E-state index in [2.05, 4.69) is 15.7 Å². The number of rotatable bonds is 4. The fourth-order valence-electron chi connectivity index (χ4n) is 3.56. The number of allylic oxidation sites excluding steroid dienone is 1. The highest BCUT2D eigenvalue weighted by molar-refractivity contribution is 6.30. The van der Waals surface area contributed by atoms with Crippen LogP contribution in [0.1, 0.15) is 33.1 Å². The third-order valence-electron chi connectivity index (χ3n) is 4.78. The second-order valence-corrected chi connectivity index (χ2v) is 7.63. The minimum absolute atomic E-state index is 0.0339. The van der Waals surface area contributed by atoms with Crippen LogP contribution in [-0.2, 0) is 4.79 Å². The molecule has 8 heteroatoms. The number of aryl methyl sites for hydroxylation is 2. The predicted octanol–water partition coefficient (Wildman–Crippen LogP) is 4.39. The number of aliphatic carboxylic acids is 1. The molecule has 0 bridgehead atoms. The van der Waals surface area contributed by atoms with E-state index in [1.54, 1.807) is 29.0 Å². The van der Waals surface area contributed by atoms with E-state index in [1.165, 1.54) is 6.20 Å². The Balaban J connectivity index is 1.73. The van der Waals surface area contributed by atoms with Gasteiger partial charge in [0.2, 0.25) is 0 Å². The average Bonchev–Trinajstić information content (AvgIpc) is 3.10. The Morgan fingerprint density at radius 3 is 2.57 bits per heavy atom. The van der Waals surface area contributed by atoms with Crippen LogP contribution in [0, 0.1) is 13.8 Å². The number of fused-ring (bicyclic) bond motifs is 1. The number of hydrogen-bond donors (Lipinski definition) is 3. The van der Waals surface area contributed by atoms with E-state index >= 15 is 0 Å². The maximum absolute atomic E-state index is 13.0. The van der Waals surface area contributed by atoms with Crippen molar-refractivity contribution in [3.05, 3.63) is 87.7 Å². The molecular weight excluding hydrogens is 404 g/mol. The first kappa shape index (κ1) is 19.7. The first-order chi connectivity index (χ1) is 14.3. The summed E-state index contributed by atoms with van der Waals surface area (Å²) < 4.78 is 1.58. The van der Waals surface area contributed by atoms with Gasteiger partial charge in [-0.1, -0.05) is 29.8 Å². The Labute approximate surface area is 178 Å². The monoisotopic (exact) mass is 422 g/mol. The van der Waals surface area contributed by atoms with Gasteiger partial charge in [0.05, 0.1) is 12.2 Å². The molecule has 7 nitrogen and oxygen atoms in total. The molecule has 1 aliphatic heterocycles. The molecule has 0 aliphatic carbocycles. The molecular formula is C22H19ClN4O3. The lowest BCUT2D eigenvalue weighted by Crippen LogP contribution is -2.25. The fourth-order valence-corrected chi connectivity index (χ4v) is 3.76. The lowest BCUT2D eigenvalue weighted by atomic mass is 10.0. The largest absolute Gasteiger partial charge is 0.477 e. The van der Waals surface area contributed by atoms with Gasteiger partial charge in [0.1, 0.15) is 17.1 Å². The number of hydrogen-bond acceptors (Lipinski definition) is 4. The molecule has 3 N–H and O–H groups in total. The van der Waals surface area contributed by atoms with Crippen LogP contribution in [0.2, 0.25) is 5.02 Å². The minimum Gasteiger partial charge on any atom is -0.477 e. The van der Waals surface area contributed by atoms with Crippen LogP contribution >= 0.6 is 11.6 Å². The molecule has 0 spiro atoms. The lowest BCUT2D eigenvalue weighted by molar-refractivity contribution is -0.132. The van der Waals surface area contributed by atoms with Crippen LogP contribution in [-0.4, -0.2) is 26.8 Å². The molecule has 0 saturated carbocycles. The molecule has 0 radical (unpaired) electrons. The second-order valence-electron chi connectivity index (χ2n) is 7.19. The minimum atomic E-state index is -1.13. The molecule has 1 aliphatic rings. The molecule has 1 amide bonds. The summed E-state index contributed by atoms with van der Waals surface area (Å²) in [5.74, 6) is -1.21. The number of nitrogens with one attached hydrogen (secondary N) is 2. The van der Waals surface area contributed by atoms with Crippen molar-refractivity contribution in [2.75, 3.05) is 10.6 Å². The van der Waals surface area contributed by atoms with Crippen LogP contribution in [0.25, 0.3) is 0 Å². The first-order valence-electron chi connectivity index (χ1n) is 9.26. The SMILES string of the molecule is Cc1cc(C)cc(NC(=O)c2cnn3c2NC(C(=O)O)=C[C@H]3c2cccc(Cl)c2)c1. The van der Waals surface area contributed by atoms with Gasteiger partial charge in [0, 0.05) is 10.7 Å². The number of anilines is 2. The summed E-state index contributed by atoms with van der Waals surface area (Å²) in [5, 5.41) is 20.1. The third kappa shape index (κ3) is 3.79. The van der Waals surface area contributed by atoms with Gasteiger partial charge in [-0.05, 0) is 60.9 Å². The number of carbonyl (C=O) groups excluding carboxylic acids is 1. The highest BCUT2D eigenvalue weighted by Crippen LogP contribution is 2.33. The van der Waals surface area contributed by atoms with Crippen molar-refractivity contribution < 1.29 is 14.7 Å². The summed E-state index contributed by atoms with van der Waals surface area (Å²) in [7, 11) is 0. The average molecular weight is 423 g/mol. The fraction of sp³-hybridized carbons (Fsp3) is 0.136. The van der Waals surface area contributed by atoms with Gasteiger partial charge in [-0.3, -0.25) is 4.79 Å². The maximum atomic E-state index is 13.0. The number of benzene rings is 2. The molecule has 1 atom stereocenters. The highest BCUT2D eigenvalue weighted by Gasteiger charge is 2.29. The van der Waals surface area contributed by atoms with E-state index in [4.69, 9.17) is 11.6 Å². The van der Waals surface area contributed by atoms with Gasteiger partial charge in [-0.25, -0.2) is 9.48 Å². The number of amides is 1. The van der Waals surface area contributed by atoms with E-state index in [0.29, 0.717) is 16.5 Å². The normalized spacial score (nSPS) is 15.0. The standard InChI is InChI=1S/C22H19ClN4O3/c1-12-6-13(2)8-16(7-12)25-21(28)17-11-24-27-19(14-4-3-5-15(23)9-14)10-18(22(29)30)26-20(17)27/h3-11,19,26H,1-2H3,(H,25,28)(H,29,30)/t19-/m0/s1. The molecule has 1 aromatic heterocycles. The zero-order valence-corrected chi connectivity index (χ0v) is 17.1. The lowest BCUT2D eigenvalue weighted by Gasteiger charge is -2.24. The zero-order valence-electron chi connectivity index (χ0n) is 16.3. The van der Waals surface area contributed by atoms with Gasteiger partial charge >= 0.3 is 5.97 Å². The summed E-state index contributed by atoms with van der Waals surface area (Å²) in [4.78, 5) is 24.6. The van der Waals surface area contributed by atoms with E-state index in [9.17, 15) is 14.7 Å². The van der Waals surface area contributed by atoms with E-state index < -0.39 is 12.0 Å². The summed E-state index contributed by atoms with van der Waals surface area (Å²) >= 11 is 6.12. The van der Waals surface area contributed by atoms with Crippen LogP contribution in [0.15, 0.2) is 60.4 Å². The number of carbonyl (C=O) groups is 2. The summed E-state index contributed by atoms with van der Waals surface area (Å²) in [6.45, 7) is 3.90. The van der Waals surface area contributed by atoms with Gasteiger partial charge < -0.3 is 15.7 Å². The van der Waals surface area contributed by atoms with Gasteiger partial charge in [0.25, 0.3) is 5.91 Å². The Bertz CT molecular complexity index is 1180. The highest BCUT2D eigenvalue weighted by atomic mass is 35.5. The van der Waals surface area contributed by atoms with E-state index in [0.717, 1.165) is 16.7 Å². The Morgan fingerprint density at radius 2 is 1.90 bits per heavy atom.